The van der Waals surface area contributed by atoms with E-state index in [1.54, 1.807) is 6.08 Å². The number of allylic oxidation sites excluding steroid dienone is 5. The summed E-state index contributed by atoms with van der Waals surface area (Å²) in [5, 5.41) is 0. The standard InChI is InChI=1S/C9H16N2/c1-8(2)6-4-3-5-7-9(10)11/h3-8H,10-11H2,1-2H3/b5-3-,6-4+. The lowest BCUT2D eigenvalue weighted by Crippen LogP contribution is -2.06. The molecule has 0 aromatic rings. The van der Waals surface area contributed by atoms with Gasteiger partial charge in [-0.1, -0.05) is 38.2 Å². The van der Waals surface area contributed by atoms with Gasteiger partial charge in [-0.25, -0.2) is 0 Å². The van der Waals surface area contributed by atoms with Crippen molar-refractivity contribution in [3.8, 4) is 0 Å². The van der Waals surface area contributed by atoms with Crippen LogP contribution in [-0.4, -0.2) is 0 Å². The minimum absolute atomic E-state index is 0.333. The zero-order chi connectivity index (χ0) is 8.69. The monoisotopic (exact) mass is 152 g/mol. The molecule has 0 aromatic carbocycles. The van der Waals surface area contributed by atoms with Crippen LogP contribution in [0.4, 0.5) is 0 Å². The van der Waals surface area contributed by atoms with E-state index in [0.717, 1.165) is 0 Å². The molecule has 11 heavy (non-hydrogen) atoms. The molecule has 62 valence electrons. The first-order chi connectivity index (χ1) is 5.13. The van der Waals surface area contributed by atoms with E-state index < -0.39 is 0 Å². The molecule has 0 amide bonds. The van der Waals surface area contributed by atoms with Crippen LogP contribution in [-0.2, 0) is 0 Å². The summed E-state index contributed by atoms with van der Waals surface area (Å²) in [6.45, 7) is 4.24. The van der Waals surface area contributed by atoms with E-state index in [-0.39, 0.29) is 0 Å². The van der Waals surface area contributed by atoms with Gasteiger partial charge in [0, 0.05) is 0 Å². The summed E-state index contributed by atoms with van der Waals surface area (Å²) in [6.07, 6.45) is 9.44. The molecule has 4 N–H and O–H groups in total. The molecular formula is C9H16N2. The normalized spacial score (nSPS) is 11.5. The first-order valence-electron chi connectivity index (χ1n) is 3.69. The molecule has 2 nitrogen and oxygen atoms in total. The zero-order valence-corrected chi connectivity index (χ0v) is 7.12. The van der Waals surface area contributed by atoms with Gasteiger partial charge < -0.3 is 11.5 Å². The Morgan fingerprint density at radius 2 is 1.73 bits per heavy atom. The Labute approximate surface area is 68.3 Å². The Morgan fingerprint density at radius 1 is 1.09 bits per heavy atom. The van der Waals surface area contributed by atoms with Crippen LogP contribution in [0, 0.1) is 5.92 Å². The predicted molar refractivity (Wildman–Crippen MR) is 49.6 cm³/mol. The molecule has 0 heterocycles. The van der Waals surface area contributed by atoms with Gasteiger partial charge in [-0.3, -0.25) is 0 Å². The smallest absolute Gasteiger partial charge is 0.0933 e. The van der Waals surface area contributed by atoms with Gasteiger partial charge in [-0.05, 0) is 12.0 Å². The third kappa shape index (κ3) is 8.82. The minimum atomic E-state index is 0.333. The van der Waals surface area contributed by atoms with Crippen LogP contribution in [0.3, 0.4) is 0 Å². The molecule has 0 rings (SSSR count). The Morgan fingerprint density at radius 3 is 2.18 bits per heavy atom. The fourth-order valence-electron chi connectivity index (χ4n) is 0.517. The van der Waals surface area contributed by atoms with Gasteiger partial charge in [-0.2, -0.15) is 0 Å². The third-order valence-electron chi connectivity index (χ3n) is 1.01. The van der Waals surface area contributed by atoms with Crippen molar-refractivity contribution in [2.45, 2.75) is 13.8 Å². The topological polar surface area (TPSA) is 52.0 Å². The Balaban J connectivity index is 3.69. The van der Waals surface area contributed by atoms with Crippen LogP contribution >= 0.6 is 0 Å². The van der Waals surface area contributed by atoms with Crippen molar-refractivity contribution >= 4 is 0 Å². The maximum Gasteiger partial charge on any atom is 0.0933 e. The van der Waals surface area contributed by atoms with Gasteiger partial charge in [-0.15, -0.1) is 0 Å². The van der Waals surface area contributed by atoms with Gasteiger partial charge in [0.1, 0.15) is 0 Å². The van der Waals surface area contributed by atoms with Crippen LogP contribution in [0.5, 0.6) is 0 Å². The second-order valence-corrected chi connectivity index (χ2v) is 2.68. The molecule has 2 heteroatoms. The summed E-state index contributed by atoms with van der Waals surface area (Å²) in [4.78, 5) is 0. The van der Waals surface area contributed by atoms with Crippen molar-refractivity contribution in [2.24, 2.45) is 17.4 Å². The maximum atomic E-state index is 5.20. The van der Waals surface area contributed by atoms with Crippen LogP contribution in [0.15, 0.2) is 36.2 Å². The van der Waals surface area contributed by atoms with Gasteiger partial charge in [0.2, 0.25) is 0 Å². The van der Waals surface area contributed by atoms with Gasteiger partial charge in [0.15, 0.2) is 0 Å². The summed E-state index contributed by atoms with van der Waals surface area (Å²) in [6, 6.07) is 0. The van der Waals surface area contributed by atoms with Crippen molar-refractivity contribution in [1.29, 1.82) is 0 Å². The largest absolute Gasteiger partial charge is 0.386 e. The molecule has 0 atom stereocenters. The van der Waals surface area contributed by atoms with Crippen molar-refractivity contribution in [1.82, 2.24) is 0 Å². The molecule has 0 aliphatic heterocycles. The third-order valence-corrected chi connectivity index (χ3v) is 1.01. The second kappa shape index (κ2) is 5.59. The average Bonchev–Trinajstić information content (AvgIpc) is 1.85. The van der Waals surface area contributed by atoms with Crippen molar-refractivity contribution in [3.05, 3.63) is 36.2 Å². The first-order valence-corrected chi connectivity index (χ1v) is 3.69. The number of nitrogens with two attached hydrogens (primary N) is 2. The van der Waals surface area contributed by atoms with Crippen LogP contribution < -0.4 is 11.5 Å². The molecule has 0 aliphatic rings. The molecule has 0 aromatic heterocycles. The molecule has 0 bridgehead atoms. The first kappa shape index (κ1) is 9.82. The number of hydrogen-bond donors (Lipinski definition) is 2. The zero-order valence-electron chi connectivity index (χ0n) is 7.12. The highest BCUT2D eigenvalue weighted by molar-refractivity contribution is 5.13. The molecule has 0 unspecified atom stereocenters. The SMILES string of the molecule is CC(C)/C=C/C=C\C=C(N)N. The van der Waals surface area contributed by atoms with E-state index in [1.807, 2.05) is 18.2 Å². The quantitative estimate of drug-likeness (QED) is 0.602. The van der Waals surface area contributed by atoms with Crippen molar-refractivity contribution < 1.29 is 0 Å². The Bertz CT molecular complexity index is 172. The van der Waals surface area contributed by atoms with Crippen LogP contribution in [0.25, 0.3) is 0 Å². The molecule has 0 fully saturated rings. The summed E-state index contributed by atoms with van der Waals surface area (Å²) in [7, 11) is 0. The molecule has 0 spiro atoms. The predicted octanol–water partition coefficient (Wildman–Crippen LogP) is 1.51. The lowest BCUT2D eigenvalue weighted by Gasteiger charge is -1.88. The Kier molecular flexibility index (Phi) is 4.99. The van der Waals surface area contributed by atoms with E-state index in [4.69, 9.17) is 11.5 Å². The highest BCUT2D eigenvalue weighted by atomic mass is 14.8. The van der Waals surface area contributed by atoms with E-state index in [2.05, 4.69) is 19.9 Å². The van der Waals surface area contributed by atoms with E-state index >= 15 is 0 Å². The summed E-state index contributed by atoms with van der Waals surface area (Å²) in [5.74, 6) is 0.915. The summed E-state index contributed by atoms with van der Waals surface area (Å²) in [5.41, 5.74) is 10.4. The van der Waals surface area contributed by atoms with Crippen LogP contribution in [0.2, 0.25) is 0 Å². The Hall–Kier alpha value is -1.18. The molecule has 0 radical (unpaired) electrons. The summed E-state index contributed by atoms with van der Waals surface area (Å²) >= 11 is 0. The van der Waals surface area contributed by atoms with E-state index in [9.17, 15) is 0 Å². The molecular weight excluding hydrogens is 136 g/mol. The lowest BCUT2D eigenvalue weighted by atomic mass is 10.2. The molecule has 0 aliphatic carbocycles. The van der Waals surface area contributed by atoms with Gasteiger partial charge in [0.25, 0.3) is 0 Å². The summed E-state index contributed by atoms with van der Waals surface area (Å²) < 4.78 is 0. The molecule has 0 saturated heterocycles. The van der Waals surface area contributed by atoms with E-state index in [0.29, 0.717) is 11.7 Å². The van der Waals surface area contributed by atoms with Gasteiger partial charge >= 0.3 is 0 Å². The minimum Gasteiger partial charge on any atom is -0.386 e. The van der Waals surface area contributed by atoms with Crippen molar-refractivity contribution in [2.75, 3.05) is 0 Å². The average molecular weight is 152 g/mol. The van der Waals surface area contributed by atoms with E-state index in [1.165, 1.54) is 0 Å². The lowest BCUT2D eigenvalue weighted by molar-refractivity contribution is 0.832. The maximum absolute atomic E-state index is 5.20. The highest BCUT2D eigenvalue weighted by Gasteiger charge is 1.78. The number of hydrogen-bond acceptors (Lipinski definition) is 2. The molecule has 0 saturated carbocycles. The van der Waals surface area contributed by atoms with Gasteiger partial charge in [0.05, 0.1) is 5.82 Å². The van der Waals surface area contributed by atoms with Crippen molar-refractivity contribution in [3.63, 3.8) is 0 Å². The number of rotatable bonds is 3. The second-order valence-electron chi connectivity index (χ2n) is 2.68. The fourth-order valence-corrected chi connectivity index (χ4v) is 0.517. The van der Waals surface area contributed by atoms with Crippen LogP contribution in [0.1, 0.15) is 13.8 Å². The highest BCUT2D eigenvalue weighted by Crippen LogP contribution is 1.93. The fraction of sp³-hybridized carbons (Fsp3) is 0.333.